The summed E-state index contributed by atoms with van der Waals surface area (Å²) in [4.78, 5) is 21.3. The van der Waals surface area contributed by atoms with Crippen molar-refractivity contribution in [1.29, 1.82) is 0 Å². The number of hydrogen-bond donors (Lipinski definition) is 1. The molecule has 1 amide bonds. The van der Waals surface area contributed by atoms with Gasteiger partial charge in [-0.3, -0.25) is 9.78 Å². The molecule has 8 heteroatoms. The molecule has 2 aromatic heterocycles. The van der Waals surface area contributed by atoms with E-state index in [0.29, 0.717) is 37.8 Å². The van der Waals surface area contributed by atoms with Gasteiger partial charge in [0.25, 0.3) is 5.91 Å². The summed E-state index contributed by atoms with van der Waals surface area (Å²) in [6, 6.07) is 14.7. The molecule has 1 atom stereocenters. The van der Waals surface area contributed by atoms with Crippen LogP contribution >= 0.6 is 46.4 Å². The van der Waals surface area contributed by atoms with Crippen LogP contribution in [0, 0.1) is 0 Å². The van der Waals surface area contributed by atoms with E-state index in [4.69, 9.17) is 51.4 Å². The minimum atomic E-state index is -0.300. The number of pyridine rings is 2. The maximum Gasteiger partial charge on any atom is 0.254 e. The number of fused-ring (bicyclic) bond motifs is 1. The third-order valence-corrected chi connectivity index (χ3v) is 6.18. The second kappa shape index (κ2) is 9.63. The van der Waals surface area contributed by atoms with Gasteiger partial charge < -0.3 is 5.32 Å². The van der Waals surface area contributed by atoms with Gasteiger partial charge in [-0.15, -0.1) is 0 Å². The van der Waals surface area contributed by atoms with Gasteiger partial charge >= 0.3 is 0 Å². The second-order valence-corrected chi connectivity index (χ2v) is 9.01. The molecule has 162 valence electrons. The van der Waals surface area contributed by atoms with Crippen molar-refractivity contribution in [3.8, 4) is 11.3 Å². The first-order chi connectivity index (χ1) is 15.3. The van der Waals surface area contributed by atoms with Crippen LogP contribution in [0.25, 0.3) is 22.2 Å². The zero-order chi connectivity index (χ0) is 22.8. The molecule has 4 rings (SSSR count). The summed E-state index contributed by atoms with van der Waals surface area (Å²) >= 11 is 24.8. The van der Waals surface area contributed by atoms with E-state index in [0.717, 1.165) is 16.5 Å². The Labute approximate surface area is 205 Å². The Balaban J connectivity index is 1.52. The molecule has 0 aliphatic carbocycles. The van der Waals surface area contributed by atoms with Crippen molar-refractivity contribution < 1.29 is 4.79 Å². The van der Waals surface area contributed by atoms with E-state index in [2.05, 4.69) is 10.3 Å². The first-order valence-electron chi connectivity index (χ1n) is 9.77. The molecule has 32 heavy (non-hydrogen) atoms. The van der Waals surface area contributed by atoms with E-state index < -0.39 is 0 Å². The Hall–Kier alpha value is -2.37. The number of nitrogens with zero attached hydrogens (tertiary/aromatic N) is 2. The lowest BCUT2D eigenvalue weighted by Gasteiger charge is -2.16. The highest BCUT2D eigenvalue weighted by Gasteiger charge is 2.17. The van der Waals surface area contributed by atoms with Crippen molar-refractivity contribution in [3.05, 3.63) is 92.1 Å². The fourth-order valence-electron chi connectivity index (χ4n) is 3.51. The fourth-order valence-corrected chi connectivity index (χ4v) is 4.64. The maximum atomic E-state index is 12.6. The molecule has 2 aromatic carbocycles. The maximum absolute atomic E-state index is 12.6. The largest absolute Gasteiger partial charge is 0.349 e. The van der Waals surface area contributed by atoms with Gasteiger partial charge in [0.05, 0.1) is 36.9 Å². The molecule has 0 spiro atoms. The summed E-state index contributed by atoms with van der Waals surface area (Å²) in [6.07, 6.45) is 3.72. The molecular weight excluding hydrogens is 488 g/mol. The van der Waals surface area contributed by atoms with E-state index in [1.54, 1.807) is 30.6 Å². The number of nitrogens with one attached hydrogen (secondary N) is 1. The number of hydrogen-bond acceptors (Lipinski definition) is 3. The average Bonchev–Trinajstić information content (AvgIpc) is 2.73. The summed E-state index contributed by atoms with van der Waals surface area (Å²) in [5.41, 5.74) is 3.50. The molecule has 0 aliphatic rings. The van der Waals surface area contributed by atoms with Crippen LogP contribution in [0.1, 0.15) is 22.8 Å². The molecule has 0 fully saturated rings. The van der Waals surface area contributed by atoms with Crippen LogP contribution in [0.15, 0.2) is 60.9 Å². The highest BCUT2D eigenvalue weighted by atomic mass is 35.5. The van der Waals surface area contributed by atoms with Crippen LogP contribution in [0.2, 0.25) is 20.1 Å². The molecule has 0 bridgehead atoms. The van der Waals surface area contributed by atoms with E-state index in [-0.39, 0.29) is 17.5 Å². The van der Waals surface area contributed by atoms with Gasteiger partial charge in [0, 0.05) is 29.4 Å². The lowest BCUT2D eigenvalue weighted by molar-refractivity contribution is 0.0940. The third-order valence-electron chi connectivity index (χ3n) is 4.97. The first kappa shape index (κ1) is 22.8. The number of rotatable bonds is 5. The number of halogens is 4. The van der Waals surface area contributed by atoms with Gasteiger partial charge in [-0.2, -0.15) is 0 Å². The molecule has 1 N–H and O–H groups in total. The van der Waals surface area contributed by atoms with Crippen LogP contribution in [0.5, 0.6) is 0 Å². The number of carbonyl (C=O) groups is 1. The molecule has 2 heterocycles. The average molecular weight is 505 g/mol. The first-order valence-corrected chi connectivity index (χ1v) is 11.3. The second-order valence-electron chi connectivity index (χ2n) is 7.38. The lowest BCUT2D eigenvalue weighted by Crippen LogP contribution is -2.34. The summed E-state index contributed by atoms with van der Waals surface area (Å²) in [6.45, 7) is 1.93. The van der Waals surface area contributed by atoms with E-state index >= 15 is 0 Å². The van der Waals surface area contributed by atoms with Gasteiger partial charge in [-0.25, -0.2) is 4.98 Å². The Morgan fingerprint density at radius 1 is 0.938 bits per heavy atom. The van der Waals surface area contributed by atoms with E-state index in [1.807, 2.05) is 37.3 Å². The molecule has 0 radical (unpaired) electrons. The Morgan fingerprint density at radius 2 is 1.62 bits per heavy atom. The standard InChI is InChI=1S/C24H17Cl4N3O/c1-13(30-24(32)23-16(25)3-2-4-17(23)26)9-14-5-7-20-15(10-14)6-8-21(31-20)22-18(27)11-29-12-19(22)28/h2-8,10-13H,9H2,1H3,(H,30,32). The molecule has 1 unspecified atom stereocenters. The van der Waals surface area contributed by atoms with Crippen molar-refractivity contribution >= 4 is 63.2 Å². The predicted octanol–water partition coefficient (Wildman–Crippen LogP) is 7.27. The highest BCUT2D eigenvalue weighted by molar-refractivity contribution is 6.40. The van der Waals surface area contributed by atoms with Gasteiger partial charge in [-0.05, 0) is 49.2 Å². The summed E-state index contributed by atoms with van der Waals surface area (Å²) in [5.74, 6) is -0.300. The number of benzene rings is 2. The summed E-state index contributed by atoms with van der Waals surface area (Å²) in [7, 11) is 0. The monoisotopic (exact) mass is 503 g/mol. The van der Waals surface area contributed by atoms with Crippen molar-refractivity contribution in [2.24, 2.45) is 0 Å². The Bertz CT molecular complexity index is 1290. The molecule has 4 aromatic rings. The van der Waals surface area contributed by atoms with Crippen molar-refractivity contribution in [2.45, 2.75) is 19.4 Å². The normalized spacial score (nSPS) is 12.0. The van der Waals surface area contributed by atoms with Crippen LogP contribution in [-0.2, 0) is 6.42 Å². The SMILES string of the molecule is CC(Cc1ccc2nc(-c3c(Cl)cncc3Cl)ccc2c1)NC(=O)c1c(Cl)cccc1Cl. The number of aromatic nitrogens is 2. The topological polar surface area (TPSA) is 54.9 Å². The number of carbonyl (C=O) groups excluding carboxylic acids is 1. The highest BCUT2D eigenvalue weighted by Crippen LogP contribution is 2.33. The third kappa shape index (κ3) is 4.84. The van der Waals surface area contributed by atoms with Gasteiger partial charge in [-0.1, -0.05) is 64.6 Å². The van der Waals surface area contributed by atoms with Crippen molar-refractivity contribution in [2.75, 3.05) is 0 Å². The lowest BCUT2D eigenvalue weighted by atomic mass is 10.0. The fraction of sp³-hybridized carbons (Fsp3) is 0.125. The quantitative estimate of drug-likeness (QED) is 0.311. The minimum absolute atomic E-state index is 0.131. The summed E-state index contributed by atoms with van der Waals surface area (Å²) < 4.78 is 0. The number of amides is 1. The zero-order valence-electron chi connectivity index (χ0n) is 16.9. The molecule has 0 aliphatic heterocycles. The van der Waals surface area contributed by atoms with Crippen LogP contribution in [0.3, 0.4) is 0 Å². The molecular formula is C24H17Cl4N3O. The van der Waals surface area contributed by atoms with E-state index in [1.165, 1.54) is 0 Å². The minimum Gasteiger partial charge on any atom is -0.349 e. The van der Waals surface area contributed by atoms with Crippen LogP contribution in [-0.4, -0.2) is 21.9 Å². The van der Waals surface area contributed by atoms with Crippen molar-refractivity contribution in [1.82, 2.24) is 15.3 Å². The van der Waals surface area contributed by atoms with Crippen LogP contribution in [0.4, 0.5) is 0 Å². The molecule has 0 saturated heterocycles. The zero-order valence-corrected chi connectivity index (χ0v) is 19.9. The van der Waals surface area contributed by atoms with Gasteiger partial charge in [0.2, 0.25) is 0 Å². The Kier molecular flexibility index (Phi) is 6.87. The van der Waals surface area contributed by atoms with Crippen LogP contribution < -0.4 is 5.32 Å². The predicted molar refractivity (Wildman–Crippen MR) is 132 cm³/mol. The van der Waals surface area contributed by atoms with Gasteiger partial charge in [0.1, 0.15) is 0 Å². The smallest absolute Gasteiger partial charge is 0.254 e. The summed E-state index contributed by atoms with van der Waals surface area (Å²) in [5, 5.41) is 5.47. The van der Waals surface area contributed by atoms with E-state index in [9.17, 15) is 4.79 Å². The molecule has 4 nitrogen and oxygen atoms in total. The Morgan fingerprint density at radius 3 is 2.31 bits per heavy atom. The molecule has 0 saturated carbocycles. The van der Waals surface area contributed by atoms with Gasteiger partial charge in [0.15, 0.2) is 0 Å². The van der Waals surface area contributed by atoms with Crippen molar-refractivity contribution in [3.63, 3.8) is 0 Å².